The van der Waals surface area contributed by atoms with E-state index in [0.717, 1.165) is 17.5 Å². The number of rotatable bonds is 3. The minimum atomic E-state index is 0.649. The third kappa shape index (κ3) is 2.85. The van der Waals surface area contributed by atoms with Crippen LogP contribution in [0.15, 0.2) is 48.5 Å². The van der Waals surface area contributed by atoms with Crippen LogP contribution in [0.1, 0.15) is 16.7 Å². The summed E-state index contributed by atoms with van der Waals surface area (Å²) in [6.07, 6.45) is 2.51. The third-order valence-electron chi connectivity index (χ3n) is 2.62. The van der Waals surface area contributed by atoms with Gasteiger partial charge in [0.15, 0.2) is 0 Å². The van der Waals surface area contributed by atoms with Crippen LogP contribution in [0.3, 0.4) is 0 Å². The van der Waals surface area contributed by atoms with Gasteiger partial charge in [-0.25, -0.2) is 0 Å². The SMILES string of the molecule is Cc1ccc(Cc2ccccc2)c(OC#N)c1. The van der Waals surface area contributed by atoms with Gasteiger partial charge in [-0.1, -0.05) is 42.5 Å². The number of aryl methyl sites for hydroxylation is 1. The summed E-state index contributed by atoms with van der Waals surface area (Å²) in [5.74, 6) is 0.649. The summed E-state index contributed by atoms with van der Waals surface area (Å²) in [7, 11) is 0. The fourth-order valence-corrected chi connectivity index (χ4v) is 1.77. The first-order valence-corrected chi connectivity index (χ1v) is 5.49. The van der Waals surface area contributed by atoms with Crippen molar-refractivity contribution < 1.29 is 4.74 Å². The van der Waals surface area contributed by atoms with Crippen molar-refractivity contribution in [3.8, 4) is 12.0 Å². The van der Waals surface area contributed by atoms with Crippen LogP contribution in [0, 0.1) is 18.4 Å². The summed E-state index contributed by atoms with van der Waals surface area (Å²) in [6.45, 7) is 1.98. The lowest BCUT2D eigenvalue weighted by Gasteiger charge is -2.07. The molecule has 0 saturated heterocycles. The number of nitrogens with zero attached hydrogens (tertiary/aromatic N) is 1. The zero-order chi connectivity index (χ0) is 12.1. The Bertz CT molecular complexity index is 541. The Balaban J connectivity index is 2.30. The molecule has 0 aliphatic heterocycles. The Morgan fingerprint density at radius 3 is 2.59 bits per heavy atom. The van der Waals surface area contributed by atoms with Crippen LogP contribution >= 0.6 is 0 Å². The maximum Gasteiger partial charge on any atom is 0.292 e. The largest absolute Gasteiger partial charge is 0.388 e. The van der Waals surface area contributed by atoms with Crippen LogP contribution in [-0.2, 0) is 6.42 Å². The topological polar surface area (TPSA) is 33.0 Å². The molecular weight excluding hydrogens is 210 g/mol. The fraction of sp³-hybridized carbons (Fsp3) is 0.133. The molecule has 84 valence electrons. The summed E-state index contributed by atoms with van der Waals surface area (Å²) in [4.78, 5) is 0. The smallest absolute Gasteiger partial charge is 0.292 e. The van der Waals surface area contributed by atoms with Crippen LogP contribution in [0.2, 0.25) is 0 Å². The molecule has 0 atom stereocenters. The molecule has 0 aliphatic rings. The molecule has 0 bridgehead atoms. The molecule has 0 unspecified atom stereocenters. The van der Waals surface area contributed by atoms with Gasteiger partial charge in [-0.15, -0.1) is 5.26 Å². The maximum absolute atomic E-state index is 8.63. The second-order valence-electron chi connectivity index (χ2n) is 3.97. The van der Waals surface area contributed by atoms with Gasteiger partial charge in [-0.05, 0) is 24.1 Å². The van der Waals surface area contributed by atoms with Crippen molar-refractivity contribution in [1.82, 2.24) is 0 Å². The molecule has 0 heterocycles. The minimum Gasteiger partial charge on any atom is -0.388 e. The van der Waals surface area contributed by atoms with Crippen molar-refractivity contribution >= 4 is 0 Å². The van der Waals surface area contributed by atoms with E-state index in [-0.39, 0.29) is 0 Å². The first-order valence-electron chi connectivity index (χ1n) is 5.49. The molecule has 2 aromatic rings. The van der Waals surface area contributed by atoms with E-state index in [1.807, 2.05) is 43.3 Å². The van der Waals surface area contributed by atoms with Gasteiger partial charge in [-0.3, -0.25) is 0 Å². The van der Waals surface area contributed by atoms with E-state index in [2.05, 4.69) is 12.1 Å². The van der Waals surface area contributed by atoms with E-state index >= 15 is 0 Å². The Kier molecular flexibility index (Phi) is 3.42. The van der Waals surface area contributed by atoms with E-state index in [1.54, 1.807) is 6.26 Å². The van der Waals surface area contributed by atoms with Gasteiger partial charge in [0.1, 0.15) is 5.75 Å². The zero-order valence-electron chi connectivity index (χ0n) is 9.68. The fourth-order valence-electron chi connectivity index (χ4n) is 1.77. The van der Waals surface area contributed by atoms with Crippen molar-refractivity contribution in [2.45, 2.75) is 13.3 Å². The van der Waals surface area contributed by atoms with E-state index in [0.29, 0.717) is 5.75 Å². The molecule has 0 spiro atoms. The molecule has 2 aromatic carbocycles. The van der Waals surface area contributed by atoms with Gasteiger partial charge in [0.2, 0.25) is 0 Å². The molecule has 0 aliphatic carbocycles. The predicted octanol–water partition coefficient (Wildman–Crippen LogP) is 3.45. The highest BCUT2D eigenvalue weighted by atomic mass is 16.5. The summed E-state index contributed by atoms with van der Waals surface area (Å²) in [6, 6.07) is 16.1. The molecule has 2 nitrogen and oxygen atoms in total. The van der Waals surface area contributed by atoms with E-state index in [9.17, 15) is 0 Å². The average molecular weight is 223 g/mol. The second kappa shape index (κ2) is 5.18. The van der Waals surface area contributed by atoms with Gasteiger partial charge in [-0.2, -0.15) is 0 Å². The highest BCUT2D eigenvalue weighted by Crippen LogP contribution is 2.23. The van der Waals surface area contributed by atoms with Crippen molar-refractivity contribution in [2.24, 2.45) is 0 Å². The average Bonchev–Trinajstić information content (AvgIpc) is 2.34. The molecule has 0 aromatic heterocycles. The van der Waals surface area contributed by atoms with Crippen LogP contribution in [0.25, 0.3) is 0 Å². The molecule has 0 fully saturated rings. The summed E-state index contributed by atoms with van der Waals surface area (Å²) in [5, 5.41) is 8.63. The number of hydrogen-bond acceptors (Lipinski definition) is 2. The van der Waals surface area contributed by atoms with E-state index < -0.39 is 0 Å². The first kappa shape index (κ1) is 11.2. The third-order valence-corrected chi connectivity index (χ3v) is 2.62. The monoisotopic (exact) mass is 223 g/mol. The molecule has 0 radical (unpaired) electrons. The van der Waals surface area contributed by atoms with Crippen LogP contribution in [-0.4, -0.2) is 0 Å². The second-order valence-corrected chi connectivity index (χ2v) is 3.97. The number of benzene rings is 2. The van der Waals surface area contributed by atoms with Crippen LogP contribution < -0.4 is 4.74 Å². The maximum atomic E-state index is 8.63. The number of ether oxygens (including phenoxy) is 1. The minimum absolute atomic E-state index is 0.649. The molecular formula is C15H13NO. The summed E-state index contributed by atoms with van der Waals surface area (Å²) >= 11 is 0. The Labute approximate surface area is 101 Å². The molecule has 0 N–H and O–H groups in total. The van der Waals surface area contributed by atoms with Crippen molar-refractivity contribution in [1.29, 1.82) is 5.26 Å². The van der Waals surface area contributed by atoms with Crippen molar-refractivity contribution in [3.63, 3.8) is 0 Å². The van der Waals surface area contributed by atoms with Crippen LogP contribution in [0.4, 0.5) is 0 Å². The Morgan fingerprint density at radius 1 is 1.12 bits per heavy atom. The highest BCUT2D eigenvalue weighted by Gasteiger charge is 2.05. The molecule has 2 rings (SSSR count). The Morgan fingerprint density at radius 2 is 1.88 bits per heavy atom. The van der Waals surface area contributed by atoms with E-state index in [4.69, 9.17) is 10.00 Å². The van der Waals surface area contributed by atoms with E-state index in [1.165, 1.54) is 5.56 Å². The highest BCUT2D eigenvalue weighted by molar-refractivity contribution is 5.40. The summed E-state index contributed by atoms with van der Waals surface area (Å²) in [5.41, 5.74) is 3.33. The molecule has 0 saturated carbocycles. The first-order chi connectivity index (χ1) is 8.29. The zero-order valence-corrected chi connectivity index (χ0v) is 9.68. The molecule has 17 heavy (non-hydrogen) atoms. The Hall–Kier alpha value is -2.27. The summed E-state index contributed by atoms with van der Waals surface area (Å²) < 4.78 is 5.00. The predicted molar refractivity (Wildman–Crippen MR) is 66.7 cm³/mol. The van der Waals surface area contributed by atoms with Gasteiger partial charge in [0.05, 0.1) is 0 Å². The number of nitriles is 1. The lowest BCUT2D eigenvalue weighted by atomic mass is 10.0. The molecule has 0 amide bonds. The standard InChI is InChI=1S/C15H13NO/c1-12-7-8-14(15(9-12)17-11-16)10-13-5-3-2-4-6-13/h2-9H,10H2,1H3. The lowest BCUT2D eigenvalue weighted by molar-refractivity contribution is 0.501. The lowest BCUT2D eigenvalue weighted by Crippen LogP contribution is -1.94. The van der Waals surface area contributed by atoms with Gasteiger partial charge >= 0.3 is 0 Å². The normalized spacial score (nSPS) is 9.65. The van der Waals surface area contributed by atoms with Gasteiger partial charge < -0.3 is 4.74 Å². The van der Waals surface area contributed by atoms with Gasteiger partial charge in [0.25, 0.3) is 6.26 Å². The van der Waals surface area contributed by atoms with Crippen molar-refractivity contribution in [2.75, 3.05) is 0 Å². The molecule has 2 heteroatoms. The van der Waals surface area contributed by atoms with Gasteiger partial charge in [0, 0.05) is 12.0 Å². The van der Waals surface area contributed by atoms with Crippen molar-refractivity contribution in [3.05, 3.63) is 65.2 Å². The quantitative estimate of drug-likeness (QED) is 0.747. The van der Waals surface area contributed by atoms with Crippen LogP contribution in [0.5, 0.6) is 5.75 Å². The number of hydrogen-bond donors (Lipinski definition) is 0.